The average Bonchev–Trinajstić information content (AvgIpc) is 2.68. The van der Waals surface area contributed by atoms with Crippen LogP contribution in [-0.2, 0) is 16.1 Å². The van der Waals surface area contributed by atoms with E-state index in [1.165, 1.54) is 7.11 Å². The maximum absolute atomic E-state index is 10.9. The van der Waals surface area contributed by atoms with Crippen molar-refractivity contribution >= 4 is 17.1 Å². The summed E-state index contributed by atoms with van der Waals surface area (Å²) in [5, 5.41) is 2.99. The number of carbonyl (C=O) groups excluding carboxylic acids is 1. The highest BCUT2D eigenvalue weighted by atomic mass is 16.5. The first-order valence-electron chi connectivity index (χ1n) is 5.32. The van der Waals surface area contributed by atoms with Gasteiger partial charge in [0.25, 0.3) is 0 Å². The lowest BCUT2D eigenvalue weighted by atomic mass is 10.2. The van der Waals surface area contributed by atoms with Gasteiger partial charge in [0, 0.05) is 13.5 Å². The Balaban J connectivity index is 2.01. The Morgan fingerprint density at radius 1 is 1.53 bits per heavy atom. The second-order valence-corrected chi connectivity index (χ2v) is 3.71. The van der Waals surface area contributed by atoms with E-state index in [4.69, 9.17) is 4.42 Å². The van der Waals surface area contributed by atoms with Crippen LogP contribution >= 0.6 is 0 Å². The summed E-state index contributed by atoms with van der Waals surface area (Å²) in [7, 11) is 1.37. The van der Waals surface area contributed by atoms with Crippen LogP contribution in [0.2, 0.25) is 0 Å². The molecule has 1 heterocycles. The van der Waals surface area contributed by atoms with Gasteiger partial charge in [-0.15, -0.1) is 0 Å². The van der Waals surface area contributed by atoms with E-state index in [2.05, 4.69) is 15.0 Å². The van der Waals surface area contributed by atoms with Gasteiger partial charge in [-0.25, -0.2) is 4.98 Å². The number of hydrogen-bond acceptors (Lipinski definition) is 5. The Kier molecular flexibility index (Phi) is 3.39. The fourth-order valence-corrected chi connectivity index (χ4v) is 1.58. The summed E-state index contributed by atoms with van der Waals surface area (Å²) in [6.45, 7) is 2.60. The van der Waals surface area contributed by atoms with E-state index < -0.39 is 0 Å². The van der Waals surface area contributed by atoms with E-state index in [1.807, 2.05) is 25.1 Å². The number of carbonyl (C=O) groups is 1. The average molecular weight is 234 g/mol. The number of methoxy groups -OCH3 is 1. The smallest absolute Gasteiger partial charge is 0.319 e. The molecule has 1 N–H and O–H groups in total. The van der Waals surface area contributed by atoms with Gasteiger partial charge in [0.1, 0.15) is 5.52 Å². The molecule has 0 aliphatic carbocycles. The summed E-state index contributed by atoms with van der Waals surface area (Å²) in [6, 6.07) is 5.77. The third kappa shape index (κ3) is 2.82. The van der Waals surface area contributed by atoms with Crippen molar-refractivity contribution in [1.82, 2.24) is 10.3 Å². The number of nitrogens with zero attached hydrogens (tertiary/aromatic N) is 1. The molecule has 0 atom stereocenters. The van der Waals surface area contributed by atoms with Crippen molar-refractivity contribution in [3.05, 3.63) is 29.7 Å². The molecule has 5 nitrogen and oxygen atoms in total. The number of ether oxygens (including phenoxy) is 1. The van der Waals surface area contributed by atoms with Crippen LogP contribution in [-0.4, -0.2) is 24.6 Å². The summed E-state index contributed by atoms with van der Waals surface area (Å²) in [5.74, 6) is 0.376. The molecule has 2 rings (SSSR count). The number of hydrogen-bond donors (Lipinski definition) is 1. The van der Waals surface area contributed by atoms with Gasteiger partial charge >= 0.3 is 5.97 Å². The number of aryl methyl sites for hydroxylation is 1. The highest BCUT2D eigenvalue weighted by Crippen LogP contribution is 2.16. The van der Waals surface area contributed by atoms with Crippen molar-refractivity contribution in [1.29, 1.82) is 0 Å². The number of fused-ring (bicyclic) bond motifs is 1. The normalized spacial score (nSPS) is 10.7. The number of nitrogens with one attached hydrogen (secondary N) is 1. The molecule has 1 aromatic carbocycles. The molecule has 17 heavy (non-hydrogen) atoms. The molecule has 0 unspecified atom stereocenters. The van der Waals surface area contributed by atoms with Gasteiger partial charge < -0.3 is 14.5 Å². The number of oxazole rings is 1. The van der Waals surface area contributed by atoms with E-state index in [0.717, 1.165) is 16.7 Å². The lowest BCUT2D eigenvalue weighted by Gasteiger charge is -2.03. The number of rotatable bonds is 4. The zero-order chi connectivity index (χ0) is 12.3. The molecule has 5 heteroatoms. The first-order valence-corrected chi connectivity index (χ1v) is 5.32. The SMILES string of the molecule is COC(=O)CNCc1ccc2nc(C)oc2c1. The Hall–Kier alpha value is -1.88. The van der Waals surface area contributed by atoms with Gasteiger partial charge in [-0.05, 0) is 17.7 Å². The molecule has 0 aliphatic rings. The maximum atomic E-state index is 10.9. The zero-order valence-electron chi connectivity index (χ0n) is 9.82. The van der Waals surface area contributed by atoms with Crippen molar-refractivity contribution in [2.75, 3.05) is 13.7 Å². The molecule has 0 fully saturated rings. The first kappa shape index (κ1) is 11.6. The van der Waals surface area contributed by atoms with Gasteiger partial charge in [0.2, 0.25) is 0 Å². The van der Waals surface area contributed by atoms with Crippen LogP contribution in [0.1, 0.15) is 11.5 Å². The minimum atomic E-state index is -0.276. The summed E-state index contributed by atoms with van der Waals surface area (Å²) in [6.07, 6.45) is 0. The predicted octanol–water partition coefficient (Wildman–Crippen LogP) is 1.40. The predicted molar refractivity (Wildman–Crippen MR) is 62.5 cm³/mol. The van der Waals surface area contributed by atoms with Crippen molar-refractivity contribution in [2.24, 2.45) is 0 Å². The molecular weight excluding hydrogens is 220 g/mol. The van der Waals surface area contributed by atoms with E-state index in [1.54, 1.807) is 0 Å². The molecule has 0 saturated heterocycles. The minimum absolute atomic E-state index is 0.198. The quantitative estimate of drug-likeness (QED) is 0.810. The van der Waals surface area contributed by atoms with Crippen LogP contribution < -0.4 is 5.32 Å². The van der Waals surface area contributed by atoms with Crippen LogP contribution in [0.15, 0.2) is 22.6 Å². The summed E-state index contributed by atoms with van der Waals surface area (Å²) in [5.41, 5.74) is 2.65. The number of benzene rings is 1. The van der Waals surface area contributed by atoms with Crippen LogP contribution in [0.25, 0.3) is 11.1 Å². The lowest BCUT2D eigenvalue weighted by Crippen LogP contribution is -2.23. The van der Waals surface area contributed by atoms with Gasteiger partial charge in [0.05, 0.1) is 13.7 Å². The molecule has 0 amide bonds. The Morgan fingerprint density at radius 3 is 3.12 bits per heavy atom. The lowest BCUT2D eigenvalue weighted by molar-refractivity contribution is -0.139. The summed E-state index contributed by atoms with van der Waals surface area (Å²) in [4.78, 5) is 15.1. The third-order valence-corrected chi connectivity index (χ3v) is 2.39. The maximum Gasteiger partial charge on any atom is 0.319 e. The van der Waals surface area contributed by atoms with Crippen LogP contribution in [0.5, 0.6) is 0 Å². The summed E-state index contributed by atoms with van der Waals surface area (Å²) >= 11 is 0. The van der Waals surface area contributed by atoms with Crippen LogP contribution in [0.4, 0.5) is 0 Å². The van der Waals surface area contributed by atoms with Crippen molar-refractivity contribution in [3.63, 3.8) is 0 Å². The zero-order valence-corrected chi connectivity index (χ0v) is 9.82. The van der Waals surface area contributed by atoms with Gasteiger partial charge in [-0.3, -0.25) is 4.79 Å². The molecule has 0 radical (unpaired) electrons. The molecule has 0 aliphatic heterocycles. The van der Waals surface area contributed by atoms with Crippen LogP contribution in [0, 0.1) is 6.92 Å². The molecule has 0 spiro atoms. The molecule has 1 aromatic heterocycles. The molecule has 2 aromatic rings. The fourth-order valence-electron chi connectivity index (χ4n) is 1.58. The largest absolute Gasteiger partial charge is 0.468 e. The highest BCUT2D eigenvalue weighted by molar-refractivity contribution is 5.73. The summed E-state index contributed by atoms with van der Waals surface area (Å²) < 4.78 is 9.96. The second-order valence-electron chi connectivity index (χ2n) is 3.71. The standard InChI is InChI=1S/C12H14N2O3/c1-8-14-10-4-3-9(5-11(10)17-8)6-13-7-12(15)16-2/h3-5,13H,6-7H2,1-2H3. The van der Waals surface area contributed by atoms with E-state index in [9.17, 15) is 4.79 Å². The van der Waals surface area contributed by atoms with Gasteiger partial charge in [-0.1, -0.05) is 6.07 Å². The van der Waals surface area contributed by atoms with E-state index in [0.29, 0.717) is 12.4 Å². The van der Waals surface area contributed by atoms with Crippen LogP contribution in [0.3, 0.4) is 0 Å². The van der Waals surface area contributed by atoms with Crippen molar-refractivity contribution < 1.29 is 13.9 Å². The molecule has 0 bridgehead atoms. The fraction of sp³-hybridized carbons (Fsp3) is 0.333. The Bertz CT molecular complexity index is 534. The van der Waals surface area contributed by atoms with Crippen molar-refractivity contribution in [3.8, 4) is 0 Å². The van der Waals surface area contributed by atoms with Crippen molar-refractivity contribution in [2.45, 2.75) is 13.5 Å². The molecule has 0 saturated carbocycles. The minimum Gasteiger partial charge on any atom is -0.468 e. The Morgan fingerprint density at radius 2 is 2.35 bits per heavy atom. The highest BCUT2D eigenvalue weighted by Gasteiger charge is 2.04. The molecular formula is C12H14N2O3. The number of aromatic nitrogens is 1. The van der Waals surface area contributed by atoms with Gasteiger partial charge in [0.15, 0.2) is 11.5 Å². The number of esters is 1. The monoisotopic (exact) mass is 234 g/mol. The molecule has 90 valence electrons. The first-order chi connectivity index (χ1) is 8.19. The second kappa shape index (κ2) is 4.97. The van der Waals surface area contributed by atoms with E-state index in [-0.39, 0.29) is 12.5 Å². The van der Waals surface area contributed by atoms with Gasteiger partial charge in [-0.2, -0.15) is 0 Å². The third-order valence-electron chi connectivity index (χ3n) is 2.39. The van der Waals surface area contributed by atoms with E-state index >= 15 is 0 Å². The Labute approximate surface area is 98.8 Å². The topological polar surface area (TPSA) is 64.4 Å².